The molecule has 0 amide bonds. The first-order chi connectivity index (χ1) is 10.1. The molecular weight excluding hydrogens is 292 g/mol. The van der Waals surface area contributed by atoms with E-state index < -0.39 is 4.92 Å². The van der Waals surface area contributed by atoms with Crippen LogP contribution in [0.15, 0.2) is 29.6 Å². The predicted octanol–water partition coefficient (Wildman–Crippen LogP) is 3.85. The zero-order chi connectivity index (χ0) is 15.4. The fourth-order valence-electron chi connectivity index (χ4n) is 1.98. The van der Waals surface area contributed by atoms with Gasteiger partial charge in [-0.1, -0.05) is 6.07 Å². The molecule has 1 atom stereocenters. The largest absolute Gasteiger partial charge is 0.493 e. The Kier molecular flexibility index (Phi) is 4.64. The second-order valence-corrected chi connectivity index (χ2v) is 5.34. The van der Waals surface area contributed by atoms with Crippen LogP contribution in [0.3, 0.4) is 0 Å². The predicted molar refractivity (Wildman–Crippen MR) is 82.6 cm³/mol. The summed E-state index contributed by atoms with van der Waals surface area (Å²) in [6, 6.07) is 6.83. The smallest absolute Gasteiger partial charge is 0.296 e. The summed E-state index contributed by atoms with van der Waals surface area (Å²) >= 11 is 1.59. The lowest BCUT2D eigenvalue weighted by atomic mass is 10.2. The van der Waals surface area contributed by atoms with Gasteiger partial charge in [-0.15, -0.1) is 11.3 Å². The molecule has 0 aliphatic carbocycles. The van der Waals surface area contributed by atoms with Crippen LogP contribution in [0.5, 0.6) is 11.5 Å². The molecule has 21 heavy (non-hydrogen) atoms. The van der Waals surface area contributed by atoms with Crippen LogP contribution in [0.2, 0.25) is 0 Å². The fourth-order valence-corrected chi connectivity index (χ4v) is 2.71. The van der Waals surface area contributed by atoms with Crippen LogP contribution in [-0.4, -0.2) is 19.1 Å². The summed E-state index contributed by atoms with van der Waals surface area (Å²) in [5, 5.41) is 16.4. The van der Waals surface area contributed by atoms with Crippen molar-refractivity contribution in [3.8, 4) is 11.5 Å². The van der Waals surface area contributed by atoms with E-state index in [0.29, 0.717) is 17.2 Å². The highest BCUT2D eigenvalue weighted by Gasteiger charge is 2.21. The molecule has 0 radical (unpaired) electrons. The first kappa shape index (κ1) is 15.1. The molecular formula is C14H16N2O4S. The molecule has 2 aromatic rings. The monoisotopic (exact) mass is 308 g/mol. The molecule has 0 aliphatic heterocycles. The van der Waals surface area contributed by atoms with Crippen LogP contribution in [0.25, 0.3) is 0 Å². The Labute approximate surface area is 126 Å². The van der Waals surface area contributed by atoms with Gasteiger partial charge in [-0.25, -0.2) is 0 Å². The standard InChI is InChI=1S/C14H16N2O4S/c1-9(14-5-4-6-21-14)15-10-7-12(19-2)13(20-3)8-11(10)16(17)18/h4-9,15H,1-3H3. The van der Waals surface area contributed by atoms with Gasteiger partial charge in [0.15, 0.2) is 11.5 Å². The molecule has 2 rings (SSSR count). The van der Waals surface area contributed by atoms with Gasteiger partial charge in [-0.05, 0) is 18.4 Å². The summed E-state index contributed by atoms with van der Waals surface area (Å²) in [5.74, 6) is 0.780. The van der Waals surface area contributed by atoms with Gasteiger partial charge in [0.2, 0.25) is 0 Å². The summed E-state index contributed by atoms with van der Waals surface area (Å²) in [5.41, 5.74) is 0.356. The zero-order valence-electron chi connectivity index (χ0n) is 12.0. The Morgan fingerprint density at radius 1 is 1.29 bits per heavy atom. The molecule has 1 aromatic carbocycles. The van der Waals surface area contributed by atoms with Crippen molar-refractivity contribution in [1.29, 1.82) is 0 Å². The van der Waals surface area contributed by atoms with Crippen LogP contribution in [-0.2, 0) is 0 Å². The van der Waals surface area contributed by atoms with Crippen molar-refractivity contribution >= 4 is 22.7 Å². The second kappa shape index (κ2) is 6.45. The average molecular weight is 308 g/mol. The zero-order valence-corrected chi connectivity index (χ0v) is 12.8. The number of nitro benzene ring substituents is 1. The number of hydrogen-bond donors (Lipinski definition) is 1. The molecule has 112 valence electrons. The highest BCUT2D eigenvalue weighted by molar-refractivity contribution is 7.10. The van der Waals surface area contributed by atoms with Gasteiger partial charge in [0, 0.05) is 10.9 Å². The first-order valence-corrected chi connectivity index (χ1v) is 7.15. The minimum absolute atomic E-state index is 0.0400. The van der Waals surface area contributed by atoms with Crippen LogP contribution < -0.4 is 14.8 Å². The summed E-state index contributed by atoms with van der Waals surface area (Å²) in [6.07, 6.45) is 0. The maximum absolute atomic E-state index is 11.2. The molecule has 1 aromatic heterocycles. The third-order valence-corrected chi connectivity index (χ3v) is 4.10. The second-order valence-electron chi connectivity index (χ2n) is 4.36. The number of nitro groups is 1. The lowest BCUT2D eigenvalue weighted by Gasteiger charge is -2.16. The molecule has 1 unspecified atom stereocenters. The highest BCUT2D eigenvalue weighted by atomic mass is 32.1. The van der Waals surface area contributed by atoms with E-state index >= 15 is 0 Å². The quantitative estimate of drug-likeness (QED) is 0.648. The maximum Gasteiger partial charge on any atom is 0.296 e. The summed E-state index contributed by atoms with van der Waals surface area (Å²) < 4.78 is 10.3. The van der Waals surface area contributed by atoms with Gasteiger partial charge >= 0.3 is 0 Å². The lowest BCUT2D eigenvalue weighted by molar-refractivity contribution is -0.384. The molecule has 0 saturated heterocycles. The fraction of sp³-hybridized carbons (Fsp3) is 0.286. The third-order valence-electron chi connectivity index (χ3n) is 3.04. The molecule has 0 fully saturated rings. The molecule has 0 spiro atoms. The van der Waals surface area contributed by atoms with Crippen LogP contribution in [0.4, 0.5) is 11.4 Å². The van der Waals surface area contributed by atoms with Gasteiger partial charge in [0.05, 0.1) is 31.3 Å². The molecule has 6 nitrogen and oxygen atoms in total. The van der Waals surface area contributed by atoms with Crippen LogP contribution >= 0.6 is 11.3 Å². The summed E-state index contributed by atoms with van der Waals surface area (Å²) in [7, 11) is 2.94. The molecule has 0 aliphatic rings. The summed E-state index contributed by atoms with van der Waals surface area (Å²) in [4.78, 5) is 11.9. The first-order valence-electron chi connectivity index (χ1n) is 6.27. The Morgan fingerprint density at radius 2 is 1.95 bits per heavy atom. The van der Waals surface area contributed by atoms with Crippen molar-refractivity contribution in [2.75, 3.05) is 19.5 Å². The number of nitrogens with zero attached hydrogens (tertiary/aromatic N) is 1. The Bertz CT molecular complexity index is 628. The number of methoxy groups -OCH3 is 2. The minimum atomic E-state index is -0.439. The van der Waals surface area contributed by atoms with E-state index in [2.05, 4.69) is 5.32 Å². The van der Waals surface area contributed by atoms with E-state index in [1.54, 1.807) is 17.4 Å². The van der Waals surface area contributed by atoms with Gasteiger partial charge in [-0.2, -0.15) is 0 Å². The number of ether oxygens (including phenoxy) is 2. The number of rotatable bonds is 6. The van der Waals surface area contributed by atoms with Crippen molar-refractivity contribution in [3.63, 3.8) is 0 Å². The van der Waals surface area contributed by atoms with Crippen molar-refractivity contribution in [2.24, 2.45) is 0 Å². The molecule has 7 heteroatoms. The summed E-state index contributed by atoms with van der Waals surface area (Å²) in [6.45, 7) is 1.95. The van der Waals surface area contributed by atoms with Crippen molar-refractivity contribution in [3.05, 3.63) is 44.6 Å². The number of hydrogen-bond acceptors (Lipinski definition) is 6. The van der Waals surface area contributed by atoms with E-state index in [0.717, 1.165) is 4.88 Å². The third kappa shape index (κ3) is 3.25. The van der Waals surface area contributed by atoms with Gasteiger partial charge in [0.25, 0.3) is 5.69 Å². The Morgan fingerprint density at radius 3 is 2.48 bits per heavy atom. The van der Waals surface area contributed by atoms with Crippen molar-refractivity contribution < 1.29 is 14.4 Å². The maximum atomic E-state index is 11.2. The topological polar surface area (TPSA) is 73.6 Å². The van der Waals surface area contributed by atoms with Gasteiger partial charge in [0.1, 0.15) is 5.69 Å². The Balaban J connectivity index is 2.39. The number of anilines is 1. The Hall–Kier alpha value is -2.28. The van der Waals surface area contributed by atoms with E-state index in [9.17, 15) is 10.1 Å². The van der Waals surface area contributed by atoms with Gasteiger partial charge < -0.3 is 14.8 Å². The molecule has 1 N–H and O–H groups in total. The number of benzene rings is 1. The van der Waals surface area contributed by atoms with E-state index in [4.69, 9.17) is 9.47 Å². The number of nitrogens with one attached hydrogen (secondary N) is 1. The molecule has 0 bridgehead atoms. The molecule has 1 heterocycles. The van der Waals surface area contributed by atoms with Gasteiger partial charge in [-0.3, -0.25) is 10.1 Å². The lowest BCUT2D eigenvalue weighted by Crippen LogP contribution is -2.07. The van der Waals surface area contributed by atoms with E-state index in [1.165, 1.54) is 20.3 Å². The van der Waals surface area contributed by atoms with Crippen LogP contribution in [0.1, 0.15) is 17.8 Å². The van der Waals surface area contributed by atoms with Crippen LogP contribution in [0, 0.1) is 10.1 Å². The minimum Gasteiger partial charge on any atom is -0.493 e. The number of thiophene rings is 1. The SMILES string of the molecule is COc1cc(NC(C)c2cccs2)c([N+](=O)[O-])cc1OC. The van der Waals surface area contributed by atoms with Crippen molar-refractivity contribution in [2.45, 2.75) is 13.0 Å². The van der Waals surface area contributed by atoms with E-state index in [1.807, 2.05) is 24.4 Å². The molecule has 0 saturated carbocycles. The van der Waals surface area contributed by atoms with E-state index in [-0.39, 0.29) is 11.7 Å². The van der Waals surface area contributed by atoms with Crippen molar-refractivity contribution in [1.82, 2.24) is 0 Å². The highest BCUT2D eigenvalue weighted by Crippen LogP contribution is 2.39. The average Bonchev–Trinajstić information content (AvgIpc) is 3.00. The normalized spacial score (nSPS) is 11.8.